The summed E-state index contributed by atoms with van der Waals surface area (Å²) >= 11 is 0. The van der Waals surface area contributed by atoms with Crippen LogP contribution in [0.4, 0.5) is 0 Å². The van der Waals surface area contributed by atoms with Gasteiger partial charge in [0, 0.05) is 0 Å². The second kappa shape index (κ2) is 2.27. The number of aliphatic hydroxyl groups is 1. The highest BCUT2D eigenvalue weighted by Crippen LogP contribution is 2.54. The molecule has 0 radical (unpaired) electrons. The Labute approximate surface area is 78.0 Å². The zero-order chi connectivity index (χ0) is 9.10. The van der Waals surface area contributed by atoms with Gasteiger partial charge in [0.15, 0.2) is 0 Å². The Morgan fingerprint density at radius 3 is 2.85 bits per heavy atom. The van der Waals surface area contributed by atoms with Crippen molar-refractivity contribution >= 4 is 0 Å². The Morgan fingerprint density at radius 2 is 2.31 bits per heavy atom. The summed E-state index contributed by atoms with van der Waals surface area (Å²) in [5.74, 6) is 0.652. The first-order valence-electron chi connectivity index (χ1n) is 5.11. The van der Waals surface area contributed by atoms with Crippen LogP contribution < -0.4 is 0 Å². The molecule has 0 spiro atoms. The van der Waals surface area contributed by atoms with E-state index in [9.17, 15) is 0 Å². The van der Waals surface area contributed by atoms with Gasteiger partial charge in [-0.1, -0.05) is 0 Å². The molecule has 0 aromatic carbocycles. The van der Waals surface area contributed by atoms with Crippen molar-refractivity contribution in [2.24, 2.45) is 5.92 Å². The monoisotopic (exact) mass is 184 g/mol. The van der Waals surface area contributed by atoms with Gasteiger partial charge in [-0.2, -0.15) is 0 Å². The highest BCUT2D eigenvalue weighted by atomic mass is 16.6. The average molecular weight is 184 g/mol. The lowest BCUT2D eigenvalue weighted by Crippen LogP contribution is -2.33. The normalized spacial score (nSPS) is 58.6. The number of hydrogen-bond acceptors (Lipinski definition) is 3. The molecule has 1 saturated carbocycles. The molecule has 4 atom stereocenters. The van der Waals surface area contributed by atoms with E-state index in [1.165, 1.54) is 0 Å². The molecule has 2 heterocycles. The van der Waals surface area contributed by atoms with Gasteiger partial charge >= 0.3 is 0 Å². The molecule has 74 valence electrons. The Hall–Kier alpha value is -0.120. The summed E-state index contributed by atoms with van der Waals surface area (Å²) in [6.45, 7) is 3.30. The molecule has 1 N–H and O–H groups in total. The van der Waals surface area contributed by atoms with Gasteiger partial charge in [-0.15, -0.1) is 0 Å². The van der Waals surface area contributed by atoms with Crippen LogP contribution in [0.1, 0.15) is 26.2 Å². The number of epoxide rings is 2. The topological polar surface area (TPSA) is 45.3 Å². The SMILES string of the molecule is CC1(C2CCC3(CO)OC3C2)CO1. The Morgan fingerprint density at radius 1 is 1.54 bits per heavy atom. The van der Waals surface area contributed by atoms with Crippen LogP contribution in [0.2, 0.25) is 0 Å². The predicted molar refractivity (Wildman–Crippen MR) is 46.4 cm³/mol. The van der Waals surface area contributed by atoms with Gasteiger partial charge in [0.05, 0.1) is 24.9 Å². The van der Waals surface area contributed by atoms with Crippen LogP contribution in [0.25, 0.3) is 0 Å². The van der Waals surface area contributed by atoms with E-state index in [1.807, 2.05) is 0 Å². The quantitative estimate of drug-likeness (QED) is 0.643. The molecule has 3 rings (SSSR count). The van der Waals surface area contributed by atoms with E-state index in [1.54, 1.807) is 0 Å². The number of aliphatic hydroxyl groups excluding tert-OH is 1. The first kappa shape index (κ1) is 8.21. The predicted octanol–water partition coefficient (Wildman–Crippen LogP) is 0.705. The number of ether oxygens (including phenoxy) is 2. The molecular formula is C10H16O3. The van der Waals surface area contributed by atoms with Gasteiger partial charge in [0.2, 0.25) is 0 Å². The molecule has 13 heavy (non-hydrogen) atoms. The fourth-order valence-corrected chi connectivity index (χ4v) is 2.65. The van der Waals surface area contributed by atoms with E-state index in [4.69, 9.17) is 14.6 Å². The third kappa shape index (κ3) is 1.07. The number of rotatable bonds is 2. The van der Waals surface area contributed by atoms with Crippen LogP contribution in [-0.4, -0.2) is 35.6 Å². The van der Waals surface area contributed by atoms with Crippen LogP contribution in [0, 0.1) is 5.92 Å². The smallest absolute Gasteiger partial charge is 0.118 e. The van der Waals surface area contributed by atoms with Crippen LogP contribution in [-0.2, 0) is 9.47 Å². The van der Waals surface area contributed by atoms with Gasteiger partial charge in [-0.3, -0.25) is 0 Å². The van der Waals surface area contributed by atoms with Crippen molar-refractivity contribution in [2.45, 2.75) is 43.5 Å². The van der Waals surface area contributed by atoms with E-state index in [0.717, 1.165) is 25.9 Å². The summed E-state index contributed by atoms with van der Waals surface area (Å²) in [6.07, 6.45) is 3.56. The van der Waals surface area contributed by atoms with E-state index in [0.29, 0.717) is 12.0 Å². The minimum atomic E-state index is -0.137. The summed E-state index contributed by atoms with van der Waals surface area (Å²) in [5, 5.41) is 9.14. The molecule has 0 bridgehead atoms. The molecule has 3 fully saturated rings. The maximum absolute atomic E-state index is 9.14. The van der Waals surface area contributed by atoms with Gasteiger partial charge < -0.3 is 14.6 Å². The Balaban J connectivity index is 1.67. The molecular weight excluding hydrogens is 168 g/mol. The first-order chi connectivity index (χ1) is 6.19. The summed E-state index contributed by atoms with van der Waals surface area (Å²) in [4.78, 5) is 0. The molecule has 0 aromatic heterocycles. The van der Waals surface area contributed by atoms with E-state index in [-0.39, 0.29) is 17.8 Å². The number of fused-ring (bicyclic) bond motifs is 1. The molecule has 2 saturated heterocycles. The third-order valence-electron chi connectivity index (χ3n) is 4.05. The van der Waals surface area contributed by atoms with Gasteiger partial charge in [-0.25, -0.2) is 0 Å². The fraction of sp³-hybridized carbons (Fsp3) is 1.00. The molecule has 4 unspecified atom stereocenters. The molecule has 0 aromatic rings. The summed E-state index contributed by atoms with van der Waals surface area (Å²) < 4.78 is 11.0. The van der Waals surface area contributed by atoms with Crippen molar-refractivity contribution < 1.29 is 14.6 Å². The van der Waals surface area contributed by atoms with Crippen LogP contribution >= 0.6 is 0 Å². The van der Waals surface area contributed by atoms with E-state index < -0.39 is 0 Å². The molecule has 0 amide bonds. The highest BCUT2D eigenvalue weighted by molar-refractivity contribution is 5.10. The van der Waals surface area contributed by atoms with Crippen LogP contribution in [0.15, 0.2) is 0 Å². The largest absolute Gasteiger partial charge is 0.393 e. The maximum atomic E-state index is 9.14. The molecule has 1 aliphatic carbocycles. The van der Waals surface area contributed by atoms with Gasteiger partial charge in [-0.05, 0) is 32.1 Å². The lowest BCUT2D eigenvalue weighted by molar-refractivity contribution is 0.143. The van der Waals surface area contributed by atoms with Crippen molar-refractivity contribution in [1.29, 1.82) is 0 Å². The first-order valence-corrected chi connectivity index (χ1v) is 5.11. The maximum Gasteiger partial charge on any atom is 0.118 e. The fourth-order valence-electron chi connectivity index (χ4n) is 2.65. The summed E-state index contributed by atoms with van der Waals surface area (Å²) in [5.41, 5.74) is 0.00924. The molecule has 3 nitrogen and oxygen atoms in total. The van der Waals surface area contributed by atoms with Crippen molar-refractivity contribution in [1.82, 2.24) is 0 Å². The minimum Gasteiger partial charge on any atom is -0.393 e. The zero-order valence-electron chi connectivity index (χ0n) is 7.95. The minimum absolute atomic E-state index is 0.137. The third-order valence-corrected chi connectivity index (χ3v) is 4.05. The Bertz CT molecular complexity index is 236. The lowest BCUT2D eigenvalue weighted by atomic mass is 9.76. The zero-order valence-corrected chi connectivity index (χ0v) is 7.95. The second-order valence-corrected chi connectivity index (χ2v) is 4.90. The number of hydrogen-bond donors (Lipinski definition) is 1. The summed E-state index contributed by atoms with van der Waals surface area (Å²) in [7, 11) is 0. The summed E-state index contributed by atoms with van der Waals surface area (Å²) in [6, 6.07) is 0. The Kier molecular flexibility index (Phi) is 1.43. The molecule has 3 heteroatoms. The van der Waals surface area contributed by atoms with Crippen molar-refractivity contribution in [3.63, 3.8) is 0 Å². The standard InChI is InChI=1S/C10H16O3/c1-9(6-12-9)7-2-3-10(5-11)8(4-7)13-10/h7-8,11H,2-6H2,1H3. The molecule has 2 aliphatic heterocycles. The lowest BCUT2D eigenvalue weighted by Gasteiger charge is -2.26. The van der Waals surface area contributed by atoms with Crippen LogP contribution in [0.5, 0.6) is 0 Å². The van der Waals surface area contributed by atoms with E-state index in [2.05, 4.69) is 6.92 Å². The van der Waals surface area contributed by atoms with Crippen molar-refractivity contribution in [3.8, 4) is 0 Å². The van der Waals surface area contributed by atoms with Gasteiger partial charge in [0.25, 0.3) is 0 Å². The van der Waals surface area contributed by atoms with Crippen molar-refractivity contribution in [2.75, 3.05) is 13.2 Å². The molecule has 3 aliphatic rings. The average Bonchev–Trinajstić information content (AvgIpc) is 2.99. The second-order valence-electron chi connectivity index (χ2n) is 4.90. The van der Waals surface area contributed by atoms with Gasteiger partial charge in [0.1, 0.15) is 5.60 Å². The van der Waals surface area contributed by atoms with Crippen molar-refractivity contribution in [3.05, 3.63) is 0 Å². The van der Waals surface area contributed by atoms with Crippen LogP contribution in [0.3, 0.4) is 0 Å². The highest BCUT2D eigenvalue weighted by Gasteiger charge is 2.62. The van der Waals surface area contributed by atoms with E-state index >= 15 is 0 Å².